The summed E-state index contributed by atoms with van der Waals surface area (Å²) < 4.78 is 0. The average molecular weight is 332 g/mol. The number of unbranched alkanes of at least 4 members (excludes halogenated alkanes) is 1. The predicted molar refractivity (Wildman–Crippen MR) is 80.3 cm³/mol. The van der Waals surface area contributed by atoms with Crippen LogP contribution < -0.4 is 5.73 Å². The summed E-state index contributed by atoms with van der Waals surface area (Å²) in [6, 6.07) is 0. The normalized spacial score (nSPS) is 9.26. The standard InChI is InChI=1S/C5H12N2.2C4H4O4/c1-2-3-4-5(6)7;2*5-3(6)1-2-4(7)8/h2-4H2,1H3,(H3,6,7);2*1-2H,(H,5,6)(H,7,8)/b;2*2-1-. The van der Waals surface area contributed by atoms with E-state index in [1.165, 1.54) is 0 Å². The molecule has 130 valence electrons. The van der Waals surface area contributed by atoms with Crippen molar-refractivity contribution in [3.05, 3.63) is 24.3 Å². The highest BCUT2D eigenvalue weighted by Crippen LogP contribution is 1.90. The molecule has 0 spiro atoms. The number of rotatable bonds is 7. The third-order valence-corrected chi connectivity index (χ3v) is 1.54. The molecule has 23 heavy (non-hydrogen) atoms. The van der Waals surface area contributed by atoms with E-state index in [2.05, 4.69) is 6.92 Å². The molecule has 0 aromatic heterocycles. The zero-order chi connectivity index (χ0) is 18.8. The minimum atomic E-state index is -1.26. The Morgan fingerprint density at radius 3 is 1.17 bits per heavy atom. The van der Waals surface area contributed by atoms with Crippen LogP contribution in [0.15, 0.2) is 24.3 Å². The molecule has 0 rings (SSSR count). The van der Waals surface area contributed by atoms with Crippen LogP contribution in [0.5, 0.6) is 0 Å². The lowest BCUT2D eigenvalue weighted by Gasteiger charge is -1.90. The fraction of sp³-hybridized carbons (Fsp3) is 0.308. The number of hydrogen-bond acceptors (Lipinski definition) is 5. The minimum Gasteiger partial charge on any atom is -0.478 e. The first-order chi connectivity index (χ1) is 10.5. The van der Waals surface area contributed by atoms with E-state index in [0.29, 0.717) is 30.1 Å². The van der Waals surface area contributed by atoms with Crippen molar-refractivity contribution in [3.63, 3.8) is 0 Å². The second-order valence-electron chi connectivity index (χ2n) is 3.65. The Kier molecular flexibility index (Phi) is 18.2. The number of aliphatic carboxylic acids is 4. The van der Waals surface area contributed by atoms with Crippen LogP contribution in [-0.4, -0.2) is 50.1 Å². The average Bonchev–Trinajstić information content (AvgIpc) is 2.42. The summed E-state index contributed by atoms with van der Waals surface area (Å²) in [6.45, 7) is 2.09. The van der Waals surface area contributed by atoms with E-state index in [4.69, 9.17) is 31.6 Å². The Morgan fingerprint density at radius 2 is 1.09 bits per heavy atom. The highest BCUT2D eigenvalue weighted by atomic mass is 16.4. The Hall–Kier alpha value is -3.17. The fourth-order valence-electron chi connectivity index (χ4n) is 0.652. The zero-order valence-corrected chi connectivity index (χ0v) is 12.4. The molecule has 0 fully saturated rings. The molecule has 10 nitrogen and oxygen atoms in total. The Labute approximate surface area is 132 Å². The molecular weight excluding hydrogens is 312 g/mol. The summed E-state index contributed by atoms with van der Waals surface area (Å²) in [5.74, 6) is -4.72. The van der Waals surface area contributed by atoms with Crippen molar-refractivity contribution in [2.75, 3.05) is 0 Å². The smallest absolute Gasteiger partial charge is 0.328 e. The molecule has 0 aliphatic rings. The maximum Gasteiger partial charge on any atom is 0.328 e. The summed E-state index contributed by atoms with van der Waals surface area (Å²) in [5.41, 5.74) is 5.06. The van der Waals surface area contributed by atoms with Crippen molar-refractivity contribution in [2.45, 2.75) is 26.2 Å². The van der Waals surface area contributed by atoms with Gasteiger partial charge in [-0.2, -0.15) is 0 Å². The largest absolute Gasteiger partial charge is 0.478 e. The second-order valence-corrected chi connectivity index (χ2v) is 3.65. The van der Waals surface area contributed by atoms with E-state index in [0.717, 1.165) is 19.3 Å². The van der Waals surface area contributed by atoms with Gasteiger partial charge in [0.05, 0.1) is 5.84 Å². The van der Waals surface area contributed by atoms with E-state index in [1.807, 2.05) is 0 Å². The number of nitrogens with one attached hydrogen (secondary N) is 1. The molecule has 0 bridgehead atoms. The van der Waals surface area contributed by atoms with Gasteiger partial charge in [0.1, 0.15) is 0 Å². The van der Waals surface area contributed by atoms with Crippen molar-refractivity contribution in [2.24, 2.45) is 5.73 Å². The second kappa shape index (κ2) is 16.9. The maximum atomic E-state index is 9.55. The van der Waals surface area contributed by atoms with Crippen LogP contribution in [0.25, 0.3) is 0 Å². The third kappa shape index (κ3) is 45.5. The van der Waals surface area contributed by atoms with Crippen LogP contribution in [0, 0.1) is 5.41 Å². The van der Waals surface area contributed by atoms with Gasteiger partial charge in [-0.25, -0.2) is 19.2 Å². The SMILES string of the molecule is CCCCC(=N)N.O=C(O)/C=C\C(=O)O.O=C(O)/C=C\C(=O)O. The summed E-state index contributed by atoms with van der Waals surface area (Å²) in [7, 11) is 0. The van der Waals surface area contributed by atoms with Crippen LogP contribution in [0.2, 0.25) is 0 Å². The van der Waals surface area contributed by atoms with Crippen LogP contribution in [0.3, 0.4) is 0 Å². The van der Waals surface area contributed by atoms with Gasteiger partial charge in [-0.3, -0.25) is 5.41 Å². The Bertz CT molecular complexity index is 403. The van der Waals surface area contributed by atoms with E-state index >= 15 is 0 Å². The highest BCUT2D eigenvalue weighted by Gasteiger charge is 1.88. The molecule has 10 heteroatoms. The lowest BCUT2D eigenvalue weighted by Crippen LogP contribution is -2.07. The monoisotopic (exact) mass is 332 g/mol. The molecular formula is C13H20N2O8. The first-order valence-corrected chi connectivity index (χ1v) is 6.13. The molecule has 0 amide bonds. The minimum absolute atomic E-state index is 0.307. The molecule has 0 atom stereocenters. The summed E-state index contributed by atoms with van der Waals surface area (Å²) >= 11 is 0. The quantitative estimate of drug-likeness (QED) is 0.218. The molecule has 0 aromatic rings. The first kappa shape index (κ1) is 24.8. The molecule has 0 radical (unpaired) electrons. The number of nitrogens with two attached hydrogens (primary N) is 1. The van der Waals surface area contributed by atoms with Crippen molar-refractivity contribution in [1.82, 2.24) is 0 Å². The van der Waals surface area contributed by atoms with E-state index in [-0.39, 0.29) is 0 Å². The van der Waals surface area contributed by atoms with Crippen molar-refractivity contribution >= 4 is 29.7 Å². The summed E-state index contributed by atoms with van der Waals surface area (Å²) in [5, 5.41) is 38.0. The van der Waals surface area contributed by atoms with Gasteiger partial charge in [-0.15, -0.1) is 0 Å². The molecule has 0 saturated heterocycles. The number of hydrogen-bond donors (Lipinski definition) is 6. The topological polar surface area (TPSA) is 199 Å². The molecule has 0 aliphatic heterocycles. The van der Waals surface area contributed by atoms with Gasteiger partial charge < -0.3 is 26.2 Å². The summed E-state index contributed by atoms with van der Waals surface area (Å²) in [4.78, 5) is 38.2. The molecule has 0 heterocycles. The molecule has 0 unspecified atom stereocenters. The Balaban J connectivity index is -0.000000262. The van der Waals surface area contributed by atoms with E-state index < -0.39 is 23.9 Å². The third-order valence-electron chi connectivity index (χ3n) is 1.54. The number of carboxylic acid groups (broad SMARTS) is 4. The van der Waals surface area contributed by atoms with E-state index in [9.17, 15) is 19.2 Å². The number of amidine groups is 1. The van der Waals surface area contributed by atoms with Crippen molar-refractivity contribution < 1.29 is 39.6 Å². The fourth-order valence-corrected chi connectivity index (χ4v) is 0.652. The highest BCUT2D eigenvalue weighted by molar-refractivity contribution is 5.90. The number of carboxylic acids is 4. The van der Waals surface area contributed by atoms with Crippen LogP contribution in [0.4, 0.5) is 0 Å². The van der Waals surface area contributed by atoms with Gasteiger partial charge in [0.15, 0.2) is 0 Å². The zero-order valence-electron chi connectivity index (χ0n) is 12.4. The van der Waals surface area contributed by atoms with Crippen molar-refractivity contribution in [1.29, 1.82) is 5.41 Å². The predicted octanol–water partition coefficient (Wildman–Crippen LogP) is 0.536. The number of carbonyl (C=O) groups is 4. The van der Waals surface area contributed by atoms with Gasteiger partial charge in [0.25, 0.3) is 0 Å². The lowest BCUT2D eigenvalue weighted by atomic mass is 10.2. The summed E-state index contributed by atoms with van der Waals surface area (Å²) in [6.07, 6.45) is 5.17. The lowest BCUT2D eigenvalue weighted by molar-refractivity contribution is -0.134. The van der Waals surface area contributed by atoms with Gasteiger partial charge in [-0.05, 0) is 6.42 Å². The van der Waals surface area contributed by atoms with Crippen LogP contribution >= 0.6 is 0 Å². The molecule has 0 aliphatic carbocycles. The van der Waals surface area contributed by atoms with E-state index in [1.54, 1.807) is 0 Å². The molecule has 0 aromatic carbocycles. The molecule has 7 N–H and O–H groups in total. The van der Waals surface area contributed by atoms with Gasteiger partial charge in [0, 0.05) is 30.7 Å². The van der Waals surface area contributed by atoms with Gasteiger partial charge >= 0.3 is 23.9 Å². The van der Waals surface area contributed by atoms with Crippen LogP contribution in [-0.2, 0) is 19.2 Å². The van der Waals surface area contributed by atoms with Crippen LogP contribution in [0.1, 0.15) is 26.2 Å². The van der Waals surface area contributed by atoms with Crippen molar-refractivity contribution in [3.8, 4) is 0 Å². The Morgan fingerprint density at radius 1 is 0.826 bits per heavy atom. The van der Waals surface area contributed by atoms with Gasteiger partial charge in [-0.1, -0.05) is 13.3 Å². The maximum absolute atomic E-state index is 9.55. The molecule has 0 saturated carbocycles. The first-order valence-electron chi connectivity index (χ1n) is 6.13. The van der Waals surface area contributed by atoms with Gasteiger partial charge in [0.2, 0.25) is 0 Å².